The standard InChI is InChI=1S/C7H5F3O.K/c8-7(9,10)5-1-3-6(11)4-2-5;/h1-4,11H;. The van der Waals surface area contributed by atoms with Crippen molar-refractivity contribution in [3.05, 3.63) is 29.8 Å². The second-order valence-corrected chi connectivity index (χ2v) is 2.04. The molecular weight excluding hydrogens is 196 g/mol. The van der Waals surface area contributed by atoms with E-state index in [2.05, 4.69) is 0 Å². The Morgan fingerprint density at radius 2 is 1.42 bits per heavy atom. The van der Waals surface area contributed by atoms with Gasteiger partial charge in [0, 0.05) is 51.4 Å². The van der Waals surface area contributed by atoms with E-state index in [1.54, 1.807) is 0 Å². The van der Waals surface area contributed by atoms with Gasteiger partial charge in [-0.3, -0.25) is 0 Å². The molecule has 0 atom stereocenters. The van der Waals surface area contributed by atoms with Crippen LogP contribution in [0, 0.1) is 0 Å². The van der Waals surface area contributed by atoms with Gasteiger partial charge < -0.3 is 5.11 Å². The minimum absolute atomic E-state index is 0. The summed E-state index contributed by atoms with van der Waals surface area (Å²) in [5.41, 5.74) is -0.754. The van der Waals surface area contributed by atoms with Crippen molar-refractivity contribution in [2.45, 2.75) is 6.18 Å². The minimum atomic E-state index is -4.33. The zero-order valence-electron chi connectivity index (χ0n) is 6.39. The van der Waals surface area contributed by atoms with Gasteiger partial charge in [-0.05, 0) is 24.3 Å². The molecule has 1 aromatic carbocycles. The number of aromatic hydroxyl groups is 1. The zero-order valence-corrected chi connectivity index (χ0v) is 9.51. The van der Waals surface area contributed by atoms with Gasteiger partial charge in [0.25, 0.3) is 0 Å². The first-order valence-corrected chi connectivity index (χ1v) is 2.86. The van der Waals surface area contributed by atoms with Crippen LogP contribution in [0.2, 0.25) is 0 Å². The van der Waals surface area contributed by atoms with E-state index in [-0.39, 0.29) is 57.1 Å². The van der Waals surface area contributed by atoms with Crippen molar-refractivity contribution >= 4 is 51.4 Å². The maximum absolute atomic E-state index is 11.8. The average molecular weight is 201 g/mol. The predicted octanol–water partition coefficient (Wildman–Crippen LogP) is 2.03. The molecule has 0 heterocycles. The third-order valence-electron chi connectivity index (χ3n) is 1.19. The van der Waals surface area contributed by atoms with Crippen molar-refractivity contribution in [1.29, 1.82) is 0 Å². The van der Waals surface area contributed by atoms with Gasteiger partial charge in [0.15, 0.2) is 0 Å². The van der Waals surface area contributed by atoms with Crippen LogP contribution in [0.3, 0.4) is 0 Å². The Labute approximate surface area is 110 Å². The van der Waals surface area contributed by atoms with E-state index >= 15 is 0 Å². The van der Waals surface area contributed by atoms with E-state index in [1.165, 1.54) is 0 Å². The van der Waals surface area contributed by atoms with Gasteiger partial charge in [-0.25, -0.2) is 0 Å². The molecule has 0 spiro atoms. The molecule has 61 valence electrons. The van der Waals surface area contributed by atoms with Crippen molar-refractivity contribution < 1.29 is 18.3 Å². The number of alkyl halides is 3. The number of benzene rings is 1. The number of hydrogen-bond acceptors (Lipinski definition) is 1. The fraction of sp³-hybridized carbons (Fsp3) is 0.143. The van der Waals surface area contributed by atoms with Crippen molar-refractivity contribution in [3.8, 4) is 5.75 Å². The topological polar surface area (TPSA) is 20.2 Å². The van der Waals surface area contributed by atoms with E-state index in [1.807, 2.05) is 0 Å². The van der Waals surface area contributed by atoms with Gasteiger partial charge in [0.05, 0.1) is 5.56 Å². The second-order valence-electron chi connectivity index (χ2n) is 2.04. The maximum Gasteiger partial charge on any atom is 0.416 e. The van der Waals surface area contributed by atoms with Crippen LogP contribution in [-0.4, -0.2) is 56.5 Å². The minimum Gasteiger partial charge on any atom is -0.508 e. The Morgan fingerprint density at radius 3 is 1.75 bits per heavy atom. The number of halogens is 3. The smallest absolute Gasteiger partial charge is 0.416 e. The van der Waals surface area contributed by atoms with E-state index in [4.69, 9.17) is 5.11 Å². The average Bonchev–Trinajstić information content (AvgIpc) is 1.86. The third kappa shape index (κ3) is 3.45. The molecule has 12 heavy (non-hydrogen) atoms. The first kappa shape index (κ1) is 12.4. The summed E-state index contributed by atoms with van der Waals surface area (Å²) in [6.45, 7) is 0. The molecule has 0 saturated heterocycles. The quantitative estimate of drug-likeness (QED) is 0.637. The van der Waals surface area contributed by atoms with E-state index in [0.29, 0.717) is 0 Å². The molecule has 0 aliphatic rings. The molecule has 0 amide bonds. The number of phenolic OH excluding ortho intramolecular Hbond substituents is 1. The third-order valence-corrected chi connectivity index (χ3v) is 1.19. The molecule has 0 fully saturated rings. The van der Waals surface area contributed by atoms with Crippen LogP contribution in [0.25, 0.3) is 0 Å². The van der Waals surface area contributed by atoms with Gasteiger partial charge >= 0.3 is 6.18 Å². The summed E-state index contributed by atoms with van der Waals surface area (Å²) < 4.78 is 35.5. The molecule has 0 aromatic heterocycles. The summed E-state index contributed by atoms with van der Waals surface area (Å²) in [6, 6.07) is 3.66. The van der Waals surface area contributed by atoms with Crippen LogP contribution in [0.15, 0.2) is 24.3 Å². The molecule has 0 unspecified atom stereocenters. The van der Waals surface area contributed by atoms with Crippen LogP contribution in [0.1, 0.15) is 5.56 Å². The summed E-state index contributed by atoms with van der Waals surface area (Å²) in [6.07, 6.45) is -4.33. The number of rotatable bonds is 0. The van der Waals surface area contributed by atoms with Crippen LogP contribution in [0.5, 0.6) is 5.75 Å². The van der Waals surface area contributed by atoms with Gasteiger partial charge in [-0.15, -0.1) is 0 Å². The Balaban J connectivity index is 0.00000121. The van der Waals surface area contributed by atoms with Gasteiger partial charge in [0.1, 0.15) is 5.75 Å². The molecule has 0 aliphatic heterocycles. The van der Waals surface area contributed by atoms with Gasteiger partial charge in [-0.2, -0.15) is 13.2 Å². The van der Waals surface area contributed by atoms with Gasteiger partial charge in [-0.1, -0.05) is 0 Å². The van der Waals surface area contributed by atoms with E-state index < -0.39 is 11.7 Å². The van der Waals surface area contributed by atoms with Crippen LogP contribution in [-0.2, 0) is 6.18 Å². The Morgan fingerprint density at radius 1 is 1.00 bits per heavy atom. The summed E-state index contributed by atoms with van der Waals surface area (Å²) in [7, 11) is 0. The summed E-state index contributed by atoms with van der Waals surface area (Å²) >= 11 is 0. The SMILES string of the molecule is Oc1ccc(C(F)(F)F)cc1.[K]. The molecule has 5 heteroatoms. The van der Waals surface area contributed by atoms with Crippen LogP contribution in [0.4, 0.5) is 13.2 Å². The first-order chi connectivity index (χ1) is 5.00. The molecule has 0 saturated carbocycles. The molecule has 1 nitrogen and oxygen atoms in total. The molecule has 1 radical (unpaired) electrons. The largest absolute Gasteiger partial charge is 0.508 e. The molecule has 0 bridgehead atoms. The molecule has 1 aromatic rings. The van der Waals surface area contributed by atoms with E-state index in [0.717, 1.165) is 24.3 Å². The number of phenols is 1. The summed E-state index contributed by atoms with van der Waals surface area (Å²) in [5.74, 6) is -0.169. The van der Waals surface area contributed by atoms with Crippen LogP contribution < -0.4 is 0 Å². The Kier molecular flexibility index (Phi) is 4.79. The Bertz CT molecular complexity index is 242. The van der Waals surface area contributed by atoms with Crippen molar-refractivity contribution in [1.82, 2.24) is 0 Å². The molecule has 0 aliphatic carbocycles. The monoisotopic (exact) mass is 201 g/mol. The zero-order chi connectivity index (χ0) is 8.48. The van der Waals surface area contributed by atoms with Gasteiger partial charge in [0.2, 0.25) is 0 Å². The van der Waals surface area contributed by atoms with Crippen molar-refractivity contribution in [2.75, 3.05) is 0 Å². The maximum atomic E-state index is 11.8. The molecule has 1 rings (SSSR count). The van der Waals surface area contributed by atoms with Crippen molar-refractivity contribution in [3.63, 3.8) is 0 Å². The Hall–Kier alpha value is 0.446. The van der Waals surface area contributed by atoms with Crippen molar-refractivity contribution in [2.24, 2.45) is 0 Å². The first-order valence-electron chi connectivity index (χ1n) is 2.86. The van der Waals surface area contributed by atoms with Crippen LogP contribution >= 0.6 is 0 Å². The second kappa shape index (κ2) is 4.62. The molecular formula is C7H5F3KO. The number of hydrogen-bond donors (Lipinski definition) is 1. The normalized spacial score (nSPS) is 10.6. The summed E-state index contributed by atoms with van der Waals surface area (Å²) in [5, 5.41) is 8.66. The molecule has 1 N–H and O–H groups in total. The van der Waals surface area contributed by atoms with E-state index in [9.17, 15) is 13.2 Å². The fourth-order valence-electron chi connectivity index (χ4n) is 0.650. The predicted molar refractivity (Wildman–Crippen MR) is 38.9 cm³/mol. The summed E-state index contributed by atoms with van der Waals surface area (Å²) in [4.78, 5) is 0. The fourth-order valence-corrected chi connectivity index (χ4v) is 0.650.